The molecule has 0 heterocycles. The third kappa shape index (κ3) is 4.25. The van der Waals surface area contributed by atoms with Crippen LogP contribution < -0.4 is 0 Å². The molecule has 0 aliphatic heterocycles. The van der Waals surface area contributed by atoms with Gasteiger partial charge in [0.1, 0.15) is 0 Å². The SMILES string of the molecule is C=C/C(Cl)=C\C(=O)CCl. The quantitative estimate of drug-likeness (QED) is 0.355. The van der Waals surface area contributed by atoms with Gasteiger partial charge in [-0.25, -0.2) is 0 Å². The molecule has 0 aromatic heterocycles. The van der Waals surface area contributed by atoms with Crippen molar-refractivity contribution in [3.8, 4) is 0 Å². The second-order valence-corrected chi connectivity index (χ2v) is 2.04. The summed E-state index contributed by atoms with van der Waals surface area (Å²) in [6.07, 6.45) is 2.62. The Labute approximate surface area is 64.0 Å². The Hall–Kier alpha value is -0.270. The number of ketones is 1. The lowest BCUT2D eigenvalue weighted by Gasteiger charge is -1.84. The number of hydrogen-bond donors (Lipinski definition) is 0. The van der Waals surface area contributed by atoms with E-state index >= 15 is 0 Å². The van der Waals surface area contributed by atoms with E-state index in [4.69, 9.17) is 23.2 Å². The Morgan fingerprint density at radius 2 is 2.22 bits per heavy atom. The maximum Gasteiger partial charge on any atom is 0.171 e. The first-order valence-electron chi connectivity index (χ1n) is 2.29. The second-order valence-electron chi connectivity index (χ2n) is 1.33. The second kappa shape index (κ2) is 4.59. The summed E-state index contributed by atoms with van der Waals surface area (Å²) in [6, 6.07) is 0. The molecule has 0 rings (SSSR count). The van der Waals surface area contributed by atoms with Crippen molar-refractivity contribution in [2.75, 3.05) is 5.88 Å². The van der Waals surface area contributed by atoms with Gasteiger partial charge in [-0.1, -0.05) is 24.3 Å². The van der Waals surface area contributed by atoms with Crippen LogP contribution in [0.25, 0.3) is 0 Å². The van der Waals surface area contributed by atoms with Crippen molar-refractivity contribution in [2.45, 2.75) is 0 Å². The highest BCUT2D eigenvalue weighted by Crippen LogP contribution is 2.01. The molecule has 3 heteroatoms. The zero-order chi connectivity index (χ0) is 7.28. The van der Waals surface area contributed by atoms with E-state index in [1.165, 1.54) is 12.2 Å². The van der Waals surface area contributed by atoms with E-state index < -0.39 is 0 Å². The van der Waals surface area contributed by atoms with Crippen LogP contribution in [0.15, 0.2) is 23.8 Å². The zero-order valence-corrected chi connectivity index (χ0v) is 6.24. The summed E-state index contributed by atoms with van der Waals surface area (Å²) >= 11 is 10.6. The lowest BCUT2D eigenvalue weighted by molar-refractivity contribution is -0.112. The van der Waals surface area contributed by atoms with Gasteiger partial charge in [-0.05, 0) is 0 Å². The molecule has 0 atom stereocenters. The average Bonchev–Trinajstić information content (AvgIpc) is 1.87. The number of hydrogen-bond acceptors (Lipinski definition) is 1. The minimum atomic E-state index is -0.207. The molecule has 0 bridgehead atoms. The summed E-state index contributed by atoms with van der Waals surface area (Å²) in [6.45, 7) is 3.35. The van der Waals surface area contributed by atoms with Crippen molar-refractivity contribution in [1.82, 2.24) is 0 Å². The van der Waals surface area contributed by atoms with Crippen molar-refractivity contribution < 1.29 is 4.79 Å². The van der Waals surface area contributed by atoms with Crippen molar-refractivity contribution in [2.24, 2.45) is 0 Å². The molecule has 0 unspecified atom stereocenters. The number of carbonyl (C=O) groups is 1. The largest absolute Gasteiger partial charge is 0.293 e. The molecular formula is C6H6Cl2O. The standard InChI is InChI=1S/C6H6Cl2O/c1-2-5(8)3-6(9)4-7/h2-3H,1,4H2/b5-3+. The Bertz CT molecular complexity index is 149. The molecule has 0 aliphatic rings. The van der Waals surface area contributed by atoms with Crippen LogP contribution in [0.3, 0.4) is 0 Å². The average molecular weight is 165 g/mol. The van der Waals surface area contributed by atoms with Gasteiger partial charge in [0.25, 0.3) is 0 Å². The van der Waals surface area contributed by atoms with Crippen molar-refractivity contribution in [3.05, 3.63) is 23.8 Å². The summed E-state index contributed by atoms with van der Waals surface area (Å²) in [5.41, 5.74) is 0. The molecule has 0 amide bonds. The molecule has 9 heavy (non-hydrogen) atoms. The fourth-order valence-corrected chi connectivity index (χ4v) is 0.450. The van der Waals surface area contributed by atoms with E-state index in [9.17, 15) is 4.79 Å². The Kier molecular flexibility index (Phi) is 4.46. The first-order valence-corrected chi connectivity index (χ1v) is 3.20. The van der Waals surface area contributed by atoms with Gasteiger partial charge in [-0.15, -0.1) is 11.6 Å². The monoisotopic (exact) mass is 164 g/mol. The summed E-state index contributed by atoms with van der Waals surface area (Å²) < 4.78 is 0. The van der Waals surface area contributed by atoms with E-state index in [0.29, 0.717) is 5.03 Å². The number of alkyl halides is 1. The van der Waals surface area contributed by atoms with Gasteiger partial charge in [-0.3, -0.25) is 4.79 Å². The highest BCUT2D eigenvalue weighted by Gasteiger charge is 1.92. The van der Waals surface area contributed by atoms with Gasteiger partial charge < -0.3 is 0 Å². The first-order chi connectivity index (χ1) is 4.20. The van der Waals surface area contributed by atoms with E-state index in [0.717, 1.165) is 0 Å². The third-order valence-corrected chi connectivity index (χ3v) is 1.15. The lowest BCUT2D eigenvalue weighted by Crippen LogP contribution is -1.92. The summed E-state index contributed by atoms with van der Waals surface area (Å²) in [7, 11) is 0. The van der Waals surface area contributed by atoms with Crippen LogP contribution in [0.4, 0.5) is 0 Å². The number of halogens is 2. The number of allylic oxidation sites excluding steroid dienone is 3. The lowest BCUT2D eigenvalue weighted by atomic mass is 10.4. The van der Waals surface area contributed by atoms with E-state index in [1.54, 1.807) is 0 Å². The fourth-order valence-electron chi connectivity index (χ4n) is 0.251. The predicted molar refractivity (Wildman–Crippen MR) is 39.9 cm³/mol. The van der Waals surface area contributed by atoms with Gasteiger partial charge >= 0.3 is 0 Å². The Balaban J connectivity index is 3.94. The fraction of sp³-hybridized carbons (Fsp3) is 0.167. The maximum atomic E-state index is 10.4. The van der Waals surface area contributed by atoms with Crippen LogP contribution in [0, 0.1) is 0 Å². The zero-order valence-electron chi connectivity index (χ0n) is 4.73. The number of rotatable bonds is 3. The van der Waals surface area contributed by atoms with Gasteiger partial charge in [0.05, 0.1) is 5.88 Å². The van der Waals surface area contributed by atoms with Crippen LogP contribution in [0.1, 0.15) is 0 Å². The molecule has 50 valence electrons. The molecule has 0 aromatic rings. The number of carbonyl (C=O) groups excluding carboxylic acids is 1. The van der Waals surface area contributed by atoms with Crippen LogP contribution in [-0.2, 0) is 4.79 Å². The van der Waals surface area contributed by atoms with Crippen LogP contribution in [0.2, 0.25) is 0 Å². The van der Waals surface area contributed by atoms with Crippen molar-refractivity contribution in [1.29, 1.82) is 0 Å². The molecule has 0 N–H and O–H groups in total. The molecule has 0 saturated heterocycles. The maximum absolute atomic E-state index is 10.4. The third-order valence-electron chi connectivity index (χ3n) is 0.626. The van der Waals surface area contributed by atoms with Crippen LogP contribution in [0.5, 0.6) is 0 Å². The summed E-state index contributed by atoms with van der Waals surface area (Å²) in [4.78, 5) is 10.4. The minimum absolute atomic E-state index is 0.0376. The molecule has 1 nitrogen and oxygen atoms in total. The molecule has 0 saturated carbocycles. The predicted octanol–water partition coefficient (Wildman–Crippen LogP) is 2.10. The molecule has 0 radical (unpaired) electrons. The first kappa shape index (κ1) is 8.73. The van der Waals surface area contributed by atoms with Gasteiger partial charge in [-0.2, -0.15) is 0 Å². The van der Waals surface area contributed by atoms with Gasteiger partial charge in [0.2, 0.25) is 0 Å². The highest BCUT2D eigenvalue weighted by molar-refractivity contribution is 6.35. The topological polar surface area (TPSA) is 17.1 Å². The summed E-state index contributed by atoms with van der Waals surface area (Å²) in [5, 5.41) is 0.320. The molecule has 0 fully saturated rings. The van der Waals surface area contributed by atoms with E-state index in [1.807, 2.05) is 0 Å². The Morgan fingerprint density at radius 3 is 2.56 bits per heavy atom. The van der Waals surface area contributed by atoms with E-state index in [2.05, 4.69) is 6.58 Å². The van der Waals surface area contributed by atoms with Gasteiger partial charge in [0.15, 0.2) is 5.78 Å². The molecular weight excluding hydrogens is 159 g/mol. The molecule has 0 spiro atoms. The highest BCUT2D eigenvalue weighted by atomic mass is 35.5. The molecule has 0 aromatic carbocycles. The molecule has 0 aliphatic carbocycles. The normalized spacial score (nSPS) is 11.1. The van der Waals surface area contributed by atoms with Crippen molar-refractivity contribution >= 4 is 29.0 Å². The smallest absolute Gasteiger partial charge is 0.171 e. The van der Waals surface area contributed by atoms with Crippen LogP contribution in [-0.4, -0.2) is 11.7 Å². The van der Waals surface area contributed by atoms with Gasteiger partial charge in [0, 0.05) is 11.1 Å². The van der Waals surface area contributed by atoms with E-state index in [-0.39, 0.29) is 11.7 Å². The summed E-state index contributed by atoms with van der Waals surface area (Å²) in [5.74, 6) is -0.245. The van der Waals surface area contributed by atoms with Crippen molar-refractivity contribution in [3.63, 3.8) is 0 Å². The van der Waals surface area contributed by atoms with Crippen LogP contribution >= 0.6 is 23.2 Å². The Morgan fingerprint density at radius 1 is 1.67 bits per heavy atom. The minimum Gasteiger partial charge on any atom is -0.293 e.